The molecule has 0 spiro atoms. The number of hydrogen-bond acceptors (Lipinski definition) is 5. The minimum absolute atomic E-state index is 0.201. The number of carbonyl (C=O) groups excluding carboxylic acids is 1. The van der Waals surface area contributed by atoms with Crippen molar-refractivity contribution in [3.05, 3.63) is 0 Å². The van der Waals surface area contributed by atoms with E-state index in [-0.39, 0.29) is 11.7 Å². The zero-order valence-corrected chi connectivity index (χ0v) is 23.1. The molecule has 0 fully saturated rings. The number of hydrogen-bond donors (Lipinski definition) is 2. The molecular weight excluding hydrogens is 438 g/mol. The SMILES string of the molecule is CC(C)CCCCCCCCCCCCCCCOC(=O)[C@@H](N)CC(C)C.CCS(=O)(=O)O. The van der Waals surface area contributed by atoms with Crippen LogP contribution in [0.2, 0.25) is 0 Å². The van der Waals surface area contributed by atoms with E-state index in [0.717, 1.165) is 18.8 Å². The molecule has 0 heterocycles. The molecule has 0 aliphatic rings. The highest BCUT2D eigenvalue weighted by atomic mass is 32.2. The van der Waals surface area contributed by atoms with Crippen LogP contribution in [-0.2, 0) is 19.6 Å². The Morgan fingerprint density at radius 3 is 1.45 bits per heavy atom. The lowest BCUT2D eigenvalue weighted by molar-refractivity contribution is -0.145. The molecule has 0 aromatic carbocycles. The van der Waals surface area contributed by atoms with Gasteiger partial charge in [-0.2, -0.15) is 8.42 Å². The van der Waals surface area contributed by atoms with E-state index < -0.39 is 16.2 Å². The van der Waals surface area contributed by atoms with Crippen LogP contribution in [0.15, 0.2) is 0 Å². The summed E-state index contributed by atoms with van der Waals surface area (Å²) in [6, 6.07) is -0.454. The highest BCUT2D eigenvalue weighted by Gasteiger charge is 2.15. The summed E-state index contributed by atoms with van der Waals surface area (Å²) in [6.07, 6.45) is 19.5. The first-order valence-corrected chi connectivity index (χ1v) is 15.0. The quantitative estimate of drug-likeness (QED) is 0.108. The molecule has 0 radical (unpaired) electrons. The third kappa shape index (κ3) is 31.3. The largest absolute Gasteiger partial charge is 0.465 e. The summed E-state index contributed by atoms with van der Waals surface area (Å²) in [6.45, 7) is 10.7. The van der Waals surface area contributed by atoms with Gasteiger partial charge < -0.3 is 10.5 Å². The van der Waals surface area contributed by atoms with E-state index in [4.69, 9.17) is 15.0 Å². The molecule has 33 heavy (non-hydrogen) atoms. The van der Waals surface area contributed by atoms with Gasteiger partial charge in [0, 0.05) is 0 Å². The molecule has 0 aromatic heterocycles. The predicted octanol–water partition coefficient (Wildman–Crippen LogP) is 6.91. The smallest absolute Gasteiger partial charge is 0.322 e. The number of ether oxygens (including phenoxy) is 1. The van der Waals surface area contributed by atoms with Gasteiger partial charge in [0.25, 0.3) is 10.1 Å². The molecule has 1 atom stereocenters. The molecule has 0 bridgehead atoms. The van der Waals surface area contributed by atoms with E-state index in [1.54, 1.807) is 0 Å². The van der Waals surface area contributed by atoms with Gasteiger partial charge in [0.05, 0.1) is 12.4 Å². The highest BCUT2D eigenvalue weighted by molar-refractivity contribution is 7.85. The van der Waals surface area contributed by atoms with Crippen LogP contribution in [0.1, 0.15) is 131 Å². The number of nitrogens with two attached hydrogens (primary N) is 1. The van der Waals surface area contributed by atoms with Crippen LogP contribution >= 0.6 is 0 Å². The molecule has 0 saturated heterocycles. The van der Waals surface area contributed by atoms with E-state index in [9.17, 15) is 13.2 Å². The van der Waals surface area contributed by atoms with Crippen molar-refractivity contribution in [3.63, 3.8) is 0 Å². The molecule has 0 rings (SSSR count). The maximum Gasteiger partial charge on any atom is 0.322 e. The maximum atomic E-state index is 11.7. The van der Waals surface area contributed by atoms with Gasteiger partial charge in [-0.25, -0.2) is 0 Å². The molecular formula is C26H55NO5S. The first kappa shape index (κ1) is 34.5. The Morgan fingerprint density at radius 2 is 1.12 bits per heavy atom. The van der Waals surface area contributed by atoms with Crippen LogP contribution in [0, 0.1) is 11.8 Å². The van der Waals surface area contributed by atoms with Crippen molar-refractivity contribution in [1.29, 1.82) is 0 Å². The van der Waals surface area contributed by atoms with Crippen LogP contribution in [0.4, 0.5) is 0 Å². The van der Waals surface area contributed by atoms with E-state index in [1.165, 1.54) is 84.0 Å². The Morgan fingerprint density at radius 1 is 0.758 bits per heavy atom. The van der Waals surface area contributed by atoms with Gasteiger partial charge >= 0.3 is 5.97 Å². The topological polar surface area (TPSA) is 107 Å². The Hall–Kier alpha value is -0.660. The van der Waals surface area contributed by atoms with Gasteiger partial charge in [-0.15, -0.1) is 0 Å². The summed E-state index contributed by atoms with van der Waals surface area (Å²) in [5, 5.41) is 0. The molecule has 3 N–H and O–H groups in total. The Labute approximate surface area is 205 Å². The minimum Gasteiger partial charge on any atom is -0.465 e. The Kier molecular flexibility index (Phi) is 24.2. The number of rotatable bonds is 20. The van der Waals surface area contributed by atoms with Gasteiger partial charge in [-0.3, -0.25) is 9.35 Å². The van der Waals surface area contributed by atoms with Crippen molar-refractivity contribution in [3.8, 4) is 0 Å². The lowest BCUT2D eigenvalue weighted by Gasteiger charge is -2.13. The fourth-order valence-corrected chi connectivity index (χ4v) is 3.48. The molecule has 7 heteroatoms. The molecule has 0 aliphatic carbocycles. The van der Waals surface area contributed by atoms with Crippen molar-refractivity contribution in [2.45, 2.75) is 137 Å². The summed E-state index contributed by atoms with van der Waals surface area (Å²) in [5.74, 6) is 0.867. The first-order chi connectivity index (χ1) is 15.5. The molecule has 0 unspecified atom stereocenters. The third-order valence-corrected chi connectivity index (χ3v) is 6.29. The molecule has 200 valence electrons. The third-order valence-electron chi connectivity index (χ3n) is 5.56. The normalized spacial score (nSPS) is 12.5. The van der Waals surface area contributed by atoms with Crippen LogP contribution in [0.3, 0.4) is 0 Å². The monoisotopic (exact) mass is 493 g/mol. The Balaban J connectivity index is 0. The van der Waals surface area contributed by atoms with Crippen molar-refractivity contribution < 1.29 is 22.5 Å². The standard InChI is InChI=1S/C24H49NO2.C2H6O3S/c1-21(2)18-16-14-12-10-8-6-5-7-9-11-13-15-17-19-27-24(26)23(25)20-22(3)4;1-2-6(3,4)5/h21-23H,5-20,25H2,1-4H3;2H2,1H3,(H,3,4,5)/t23-;/m0./s1. The zero-order valence-electron chi connectivity index (χ0n) is 22.3. The fourth-order valence-electron chi connectivity index (χ4n) is 3.48. The molecule has 0 aromatic rings. The molecule has 0 aliphatic heterocycles. The summed E-state index contributed by atoms with van der Waals surface area (Å²) in [5.41, 5.74) is 5.81. The van der Waals surface area contributed by atoms with Gasteiger partial charge in [-0.05, 0) is 31.6 Å². The maximum absolute atomic E-state index is 11.7. The van der Waals surface area contributed by atoms with E-state index in [2.05, 4.69) is 27.7 Å². The van der Waals surface area contributed by atoms with Gasteiger partial charge in [-0.1, -0.05) is 111 Å². The van der Waals surface area contributed by atoms with Crippen molar-refractivity contribution in [2.75, 3.05) is 12.4 Å². The number of esters is 1. The van der Waals surface area contributed by atoms with Crippen LogP contribution in [-0.4, -0.2) is 37.3 Å². The highest BCUT2D eigenvalue weighted by Crippen LogP contribution is 2.14. The summed E-state index contributed by atoms with van der Waals surface area (Å²) in [4.78, 5) is 11.7. The average Bonchev–Trinajstić information content (AvgIpc) is 2.72. The summed E-state index contributed by atoms with van der Waals surface area (Å²) < 4.78 is 32.2. The number of carbonyl (C=O) groups is 1. The van der Waals surface area contributed by atoms with Crippen molar-refractivity contribution in [1.82, 2.24) is 0 Å². The second kappa shape index (κ2) is 23.1. The van der Waals surface area contributed by atoms with Gasteiger partial charge in [0.2, 0.25) is 0 Å². The lowest BCUT2D eigenvalue weighted by atomic mass is 10.0. The van der Waals surface area contributed by atoms with Gasteiger partial charge in [0.15, 0.2) is 0 Å². The predicted molar refractivity (Wildman–Crippen MR) is 140 cm³/mol. The van der Waals surface area contributed by atoms with Crippen LogP contribution < -0.4 is 5.73 Å². The first-order valence-electron chi connectivity index (χ1n) is 13.4. The molecule has 0 amide bonds. The van der Waals surface area contributed by atoms with Crippen molar-refractivity contribution >= 4 is 16.1 Å². The molecule has 6 nitrogen and oxygen atoms in total. The summed E-state index contributed by atoms with van der Waals surface area (Å²) in [7, 11) is -3.66. The second-order valence-electron chi connectivity index (χ2n) is 10.1. The number of unbranched alkanes of at least 4 members (excludes halogenated alkanes) is 12. The summed E-state index contributed by atoms with van der Waals surface area (Å²) >= 11 is 0. The minimum atomic E-state index is -3.66. The van der Waals surface area contributed by atoms with Crippen molar-refractivity contribution in [2.24, 2.45) is 17.6 Å². The second-order valence-corrected chi connectivity index (χ2v) is 11.8. The fraction of sp³-hybridized carbons (Fsp3) is 0.962. The van der Waals surface area contributed by atoms with Gasteiger partial charge in [0.1, 0.15) is 6.04 Å². The van der Waals surface area contributed by atoms with Crippen LogP contribution in [0.5, 0.6) is 0 Å². The van der Waals surface area contributed by atoms with E-state index >= 15 is 0 Å². The lowest BCUT2D eigenvalue weighted by Crippen LogP contribution is -2.33. The molecule has 0 saturated carbocycles. The van der Waals surface area contributed by atoms with E-state index in [0.29, 0.717) is 18.9 Å². The van der Waals surface area contributed by atoms with E-state index in [1.807, 2.05) is 0 Å². The average molecular weight is 494 g/mol. The van der Waals surface area contributed by atoms with Crippen LogP contribution in [0.25, 0.3) is 0 Å². The zero-order chi connectivity index (χ0) is 25.5. The Bertz CT molecular complexity index is 535.